The van der Waals surface area contributed by atoms with E-state index in [0.29, 0.717) is 0 Å². The Bertz CT molecular complexity index is 789. The van der Waals surface area contributed by atoms with Crippen molar-refractivity contribution < 1.29 is 21.6 Å². The van der Waals surface area contributed by atoms with Crippen molar-refractivity contribution in [3.63, 3.8) is 0 Å². The van der Waals surface area contributed by atoms with E-state index in [2.05, 4.69) is 15.9 Å². The third kappa shape index (κ3) is 3.38. The van der Waals surface area contributed by atoms with Crippen molar-refractivity contribution in [3.8, 4) is 0 Å². The van der Waals surface area contributed by atoms with Crippen molar-refractivity contribution in [2.75, 3.05) is 5.73 Å². The molecule has 0 fully saturated rings. The lowest BCUT2D eigenvalue weighted by Gasteiger charge is -2.09. The number of anilines is 1. The summed E-state index contributed by atoms with van der Waals surface area (Å²) in [6.07, 6.45) is 0. The van der Waals surface area contributed by atoms with Gasteiger partial charge in [-0.25, -0.2) is 21.6 Å². The van der Waals surface area contributed by atoms with E-state index in [1.165, 1.54) is 0 Å². The van der Waals surface area contributed by atoms with Crippen molar-refractivity contribution in [1.82, 2.24) is 0 Å². The minimum atomic E-state index is -4.14. The highest BCUT2D eigenvalue weighted by Gasteiger charge is 2.22. The lowest BCUT2D eigenvalue weighted by Crippen LogP contribution is -2.09. The zero-order valence-corrected chi connectivity index (χ0v) is 12.8. The minimum Gasteiger partial charge on any atom is -0.399 e. The molecule has 2 rings (SSSR count). The predicted octanol–water partition coefficient (Wildman–Crippen LogP) is 3.42. The molecular formula is C13H9BrF3NO2S. The van der Waals surface area contributed by atoms with E-state index in [9.17, 15) is 21.6 Å². The van der Waals surface area contributed by atoms with Crippen LogP contribution in [0.25, 0.3) is 0 Å². The van der Waals surface area contributed by atoms with Gasteiger partial charge in [-0.05, 0) is 46.3 Å². The molecule has 2 aromatic rings. The normalized spacial score (nSPS) is 11.6. The number of hydrogen-bond donors (Lipinski definition) is 1. The maximum absolute atomic E-state index is 13.8. The quantitative estimate of drug-likeness (QED) is 0.656. The smallest absolute Gasteiger partial charge is 0.182 e. The van der Waals surface area contributed by atoms with E-state index in [4.69, 9.17) is 5.73 Å². The van der Waals surface area contributed by atoms with Crippen molar-refractivity contribution >= 4 is 31.5 Å². The molecule has 21 heavy (non-hydrogen) atoms. The highest BCUT2D eigenvalue weighted by Crippen LogP contribution is 2.26. The molecule has 2 N–H and O–H groups in total. The molecule has 0 heterocycles. The monoisotopic (exact) mass is 379 g/mol. The Kier molecular flexibility index (Phi) is 4.29. The lowest BCUT2D eigenvalue weighted by atomic mass is 10.2. The van der Waals surface area contributed by atoms with Gasteiger partial charge in [0.05, 0.1) is 15.1 Å². The number of rotatable bonds is 3. The summed E-state index contributed by atoms with van der Waals surface area (Å²) in [5.41, 5.74) is 4.66. The van der Waals surface area contributed by atoms with Crippen LogP contribution < -0.4 is 5.73 Å². The van der Waals surface area contributed by atoms with Gasteiger partial charge in [-0.2, -0.15) is 0 Å². The number of nitrogen functional groups attached to an aromatic ring is 1. The fraction of sp³-hybridized carbons (Fsp3) is 0.0769. The standard InChI is InChI=1S/C13H9BrF3NO2S/c14-11-1-2-12(16)10(13(11)17)6-21(19,20)9-4-7(15)3-8(18)5-9/h1-5H,6,18H2. The highest BCUT2D eigenvalue weighted by atomic mass is 79.9. The van der Waals surface area contributed by atoms with Crippen LogP contribution in [0.2, 0.25) is 0 Å². The van der Waals surface area contributed by atoms with Crippen LogP contribution in [0.5, 0.6) is 0 Å². The first-order chi connectivity index (χ1) is 9.70. The molecule has 0 saturated carbocycles. The van der Waals surface area contributed by atoms with Crippen molar-refractivity contribution in [3.05, 3.63) is 57.8 Å². The molecular weight excluding hydrogens is 371 g/mol. The number of halogens is 4. The fourth-order valence-corrected chi connectivity index (χ4v) is 3.53. The zero-order valence-electron chi connectivity index (χ0n) is 10.4. The van der Waals surface area contributed by atoms with Crippen LogP contribution in [0, 0.1) is 17.5 Å². The van der Waals surface area contributed by atoms with Crippen LogP contribution in [-0.4, -0.2) is 8.42 Å². The molecule has 0 aliphatic rings. The number of hydrogen-bond acceptors (Lipinski definition) is 3. The second kappa shape index (κ2) is 5.69. The Balaban J connectivity index is 2.50. The van der Waals surface area contributed by atoms with Gasteiger partial charge in [-0.15, -0.1) is 0 Å². The molecule has 0 bridgehead atoms. The van der Waals surface area contributed by atoms with Gasteiger partial charge in [0.15, 0.2) is 9.84 Å². The second-order valence-corrected chi connectivity index (χ2v) is 7.15. The SMILES string of the molecule is Nc1cc(F)cc(S(=O)(=O)Cc2c(F)ccc(Br)c2F)c1. The third-order valence-electron chi connectivity index (χ3n) is 2.73. The predicted molar refractivity (Wildman–Crippen MR) is 75.8 cm³/mol. The van der Waals surface area contributed by atoms with Crippen LogP contribution in [0.15, 0.2) is 39.7 Å². The van der Waals surface area contributed by atoms with E-state index in [1.807, 2.05) is 0 Å². The van der Waals surface area contributed by atoms with Crippen LogP contribution in [0.1, 0.15) is 5.56 Å². The van der Waals surface area contributed by atoms with Crippen molar-refractivity contribution in [2.45, 2.75) is 10.6 Å². The number of sulfone groups is 1. The molecule has 0 atom stereocenters. The largest absolute Gasteiger partial charge is 0.399 e. The van der Waals surface area contributed by atoms with E-state index in [-0.39, 0.29) is 10.2 Å². The molecule has 0 aliphatic heterocycles. The van der Waals surface area contributed by atoms with E-state index in [0.717, 1.165) is 30.3 Å². The van der Waals surface area contributed by atoms with Gasteiger partial charge in [-0.1, -0.05) is 0 Å². The Morgan fingerprint density at radius 1 is 1.10 bits per heavy atom. The van der Waals surface area contributed by atoms with E-state index >= 15 is 0 Å². The summed E-state index contributed by atoms with van der Waals surface area (Å²) in [6.45, 7) is 0. The third-order valence-corrected chi connectivity index (χ3v) is 4.96. The van der Waals surface area contributed by atoms with Gasteiger partial charge in [-0.3, -0.25) is 0 Å². The van der Waals surface area contributed by atoms with Crippen LogP contribution >= 0.6 is 15.9 Å². The average Bonchev–Trinajstić information content (AvgIpc) is 2.38. The maximum atomic E-state index is 13.8. The Hall–Kier alpha value is -1.54. The summed E-state index contributed by atoms with van der Waals surface area (Å²) >= 11 is 2.85. The van der Waals surface area contributed by atoms with Crippen molar-refractivity contribution in [1.29, 1.82) is 0 Å². The lowest BCUT2D eigenvalue weighted by molar-refractivity contribution is 0.552. The molecule has 0 amide bonds. The molecule has 0 aliphatic carbocycles. The molecule has 0 unspecified atom stereocenters. The van der Waals surface area contributed by atoms with Crippen LogP contribution in [-0.2, 0) is 15.6 Å². The first kappa shape index (κ1) is 15.8. The molecule has 112 valence electrons. The van der Waals surface area contributed by atoms with Crippen molar-refractivity contribution in [2.24, 2.45) is 0 Å². The first-order valence-electron chi connectivity index (χ1n) is 5.62. The topological polar surface area (TPSA) is 60.2 Å². The van der Waals surface area contributed by atoms with Gasteiger partial charge >= 0.3 is 0 Å². The second-order valence-electron chi connectivity index (χ2n) is 4.30. The van der Waals surface area contributed by atoms with E-state index in [1.54, 1.807) is 0 Å². The Morgan fingerprint density at radius 2 is 1.76 bits per heavy atom. The molecule has 2 aromatic carbocycles. The van der Waals surface area contributed by atoms with E-state index < -0.39 is 43.5 Å². The molecule has 0 spiro atoms. The molecule has 0 aromatic heterocycles. The highest BCUT2D eigenvalue weighted by molar-refractivity contribution is 9.10. The Labute approximate surface area is 127 Å². The number of benzene rings is 2. The average molecular weight is 380 g/mol. The zero-order chi connectivity index (χ0) is 15.8. The fourth-order valence-electron chi connectivity index (χ4n) is 1.74. The van der Waals surface area contributed by atoms with Gasteiger partial charge < -0.3 is 5.73 Å². The summed E-state index contributed by atoms with van der Waals surface area (Å²) in [6, 6.07) is 4.80. The summed E-state index contributed by atoms with van der Waals surface area (Å²) in [5, 5.41) is 0. The van der Waals surface area contributed by atoms with Gasteiger partial charge in [0.2, 0.25) is 0 Å². The summed E-state index contributed by atoms with van der Waals surface area (Å²) < 4.78 is 64.9. The maximum Gasteiger partial charge on any atom is 0.182 e. The van der Waals surface area contributed by atoms with Gasteiger partial charge in [0.1, 0.15) is 17.5 Å². The van der Waals surface area contributed by atoms with Gasteiger partial charge in [0, 0.05) is 11.3 Å². The molecule has 0 saturated heterocycles. The van der Waals surface area contributed by atoms with Crippen LogP contribution in [0.4, 0.5) is 18.9 Å². The minimum absolute atomic E-state index is 0.0622. The van der Waals surface area contributed by atoms with Crippen LogP contribution in [0.3, 0.4) is 0 Å². The Morgan fingerprint density at radius 3 is 2.38 bits per heavy atom. The molecule has 8 heteroatoms. The first-order valence-corrected chi connectivity index (χ1v) is 8.06. The number of nitrogens with two attached hydrogens (primary N) is 1. The molecule has 0 radical (unpaired) electrons. The summed E-state index contributed by atoms with van der Waals surface area (Å²) in [4.78, 5) is -0.432. The molecule has 3 nitrogen and oxygen atoms in total. The summed E-state index contributed by atoms with van der Waals surface area (Å²) in [7, 11) is -4.14. The van der Waals surface area contributed by atoms with Gasteiger partial charge in [0.25, 0.3) is 0 Å². The summed E-state index contributed by atoms with van der Waals surface area (Å²) in [5.74, 6) is -3.79.